The fourth-order valence-electron chi connectivity index (χ4n) is 1.09. The molecule has 0 fully saturated rings. The number of pyridine rings is 1. The lowest BCUT2D eigenvalue weighted by atomic mass is 10.1. The smallest absolute Gasteiger partial charge is 0.281 e. The molecule has 0 atom stereocenters. The zero-order chi connectivity index (χ0) is 11.4. The topological polar surface area (TPSA) is 63.0 Å². The van der Waals surface area contributed by atoms with Gasteiger partial charge in [-0.1, -0.05) is 0 Å². The summed E-state index contributed by atoms with van der Waals surface area (Å²) in [5.41, 5.74) is -1.35. The zero-order valence-corrected chi connectivity index (χ0v) is 7.70. The van der Waals surface area contributed by atoms with Crippen LogP contribution in [0.3, 0.4) is 0 Å². The maximum absolute atomic E-state index is 12.4. The van der Waals surface area contributed by atoms with Gasteiger partial charge in [0, 0.05) is 0 Å². The van der Waals surface area contributed by atoms with E-state index in [-0.39, 0.29) is 17.6 Å². The third kappa shape index (κ3) is 1.91. The van der Waals surface area contributed by atoms with Gasteiger partial charge in [-0.25, -0.2) is 8.78 Å². The molecule has 0 aromatic carbocycles. The van der Waals surface area contributed by atoms with Gasteiger partial charge >= 0.3 is 0 Å². The number of carbonyl (C=O) groups excluding carboxylic acids is 1. The Bertz CT molecular complexity index is 427. The summed E-state index contributed by atoms with van der Waals surface area (Å²) in [6.07, 6.45) is -1.73. The Morgan fingerprint density at radius 2 is 2.33 bits per heavy atom. The first-order valence-corrected chi connectivity index (χ1v) is 3.86. The Hall–Kier alpha value is -2.03. The minimum absolute atomic E-state index is 0.00370. The molecule has 0 unspecified atom stereocenters. The van der Waals surface area contributed by atoms with Crippen molar-refractivity contribution < 1.29 is 18.3 Å². The fraction of sp³-hybridized carbons (Fsp3) is 0.222. The SMILES string of the molecule is COc1cnc(C(F)F)c(C=O)c1C#N. The quantitative estimate of drug-likeness (QED) is 0.715. The molecule has 0 aliphatic heterocycles. The maximum atomic E-state index is 12.4. The molecule has 1 rings (SSSR count). The zero-order valence-electron chi connectivity index (χ0n) is 7.70. The van der Waals surface area contributed by atoms with Gasteiger partial charge in [0.15, 0.2) is 12.0 Å². The molecular formula is C9H6F2N2O2. The van der Waals surface area contributed by atoms with E-state index in [1.807, 2.05) is 0 Å². The molecule has 0 bridgehead atoms. The lowest BCUT2D eigenvalue weighted by molar-refractivity contribution is 0.110. The van der Waals surface area contributed by atoms with Crippen molar-refractivity contribution in [1.82, 2.24) is 4.98 Å². The molecule has 78 valence electrons. The maximum Gasteiger partial charge on any atom is 0.281 e. The third-order valence-electron chi connectivity index (χ3n) is 1.77. The summed E-state index contributed by atoms with van der Waals surface area (Å²) in [6.45, 7) is 0. The van der Waals surface area contributed by atoms with Crippen molar-refractivity contribution in [3.05, 3.63) is 23.0 Å². The van der Waals surface area contributed by atoms with Gasteiger partial charge < -0.3 is 4.74 Å². The predicted octanol–water partition coefficient (Wildman–Crippen LogP) is 1.71. The number of halogens is 2. The van der Waals surface area contributed by atoms with Crippen molar-refractivity contribution in [2.75, 3.05) is 7.11 Å². The molecule has 0 radical (unpaired) electrons. The highest BCUT2D eigenvalue weighted by Crippen LogP contribution is 2.27. The Balaban J connectivity index is 3.50. The van der Waals surface area contributed by atoms with Crippen molar-refractivity contribution in [2.45, 2.75) is 6.43 Å². The van der Waals surface area contributed by atoms with Gasteiger partial charge in [-0.2, -0.15) is 5.26 Å². The molecule has 1 heterocycles. The summed E-state index contributed by atoms with van der Waals surface area (Å²) in [6, 6.07) is 1.63. The average Bonchev–Trinajstić information content (AvgIpc) is 2.26. The summed E-state index contributed by atoms with van der Waals surface area (Å²) in [5, 5.41) is 8.71. The summed E-state index contributed by atoms with van der Waals surface area (Å²) in [5.74, 6) is 0.00370. The van der Waals surface area contributed by atoms with Crippen LogP contribution >= 0.6 is 0 Å². The highest BCUT2D eigenvalue weighted by atomic mass is 19.3. The number of nitrogens with zero attached hydrogens (tertiary/aromatic N) is 2. The first-order chi connectivity index (χ1) is 7.15. The van der Waals surface area contributed by atoms with Crippen molar-refractivity contribution in [3.8, 4) is 11.8 Å². The number of ether oxygens (including phenoxy) is 1. The number of nitriles is 1. The standard InChI is InChI=1S/C9H6F2N2O2/c1-15-7-3-13-8(9(10)11)6(4-14)5(7)2-12/h3-4,9H,1H3. The van der Waals surface area contributed by atoms with Gasteiger partial charge in [0.05, 0.1) is 18.9 Å². The first-order valence-electron chi connectivity index (χ1n) is 3.86. The molecule has 4 nitrogen and oxygen atoms in total. The van der Waals surface area contributed by atoms with E-state index < -0.39 is 17.7 Å². The monoisotopic (exact) mass is 212 g/mol. The number of aldehydes is 1. The van der Waals surface area contributed by atoms with E-state index in [4.69, 9.17) is 10.00 Å². The van der Waals surface area contributed by atoms with Gasteiger partial charge in [-0.3, -0.25) is 9.78 Å². The van der Waals surface area contributed by atoms with Crippen molar-refractivity contribution >= 4 is 6.29 Å². The summed E-state index contributed by atoms with van der Waals surface area (Å²) in [7, 11) is 1.26. The number of aromatic nitrogens is 1. The lowest BCUT2D eigenvalue weighted by Gasteiger charge is -2.07. The van der Waals surface area contributed by atoms with Gasteiger partial charge in [-0.05, 0) is 0 Å². The molecule has 0 aliphatic rings. The van der Waals surface area contributed by atoms with Crippen LogP contribution in [-0.4, -0.2) is 18.4 Å². The van der Waals surface area contributed by atoms with Crippen molar-refractivity contribution in [2.24, 2.45) is 0 Å². The number of methoxy groups -OCH3 is 1. The second-order valence-corrected chi connectivity index (χ2v) is 2.53. The summed E-state index contributed by atoms with van der Waals surface area (Å²) < 4.78 is 29.5. The van der Waals surface area contributed by atoms with Crippen LogP contribution < -0.4 is 4.74 Å². The minimum Gasteiger partial charge on any atom is -0.494 e. The molecule has 0 aliphatic carbocycles. The van der Waals surface area contributed by atoms with Crippen molar-refractivity contribution in [3.63, 3.8) is 0 Å². The summed E-state index contributed by atoms with van der Waals surface area (Å²) >= 11 is 0. The van der Waals surface area contributed by atoms with Crippen LogP contribution in [0.25, 0.3) is 0 Å². The Morgan fingerprint density at radius 3 is 2.73 bits per heavy atom. The normalized spacial score (nSPS) is 9.80. The number of hydrogen-bond donors (Lipinski definition) is 0. The highest BCUT2D eigenvalue weighted by molar-refractivity contribution is 5.82. The molecule has 6 heteroatoms. The number of alkyl halides is 2. The molecule has 0 saturated heterocycles. The Morgan fingerprint density at radius 1 is 1.67 bits per heavy atom. The van der Waals surface area contributed by atoms with Crippen LogP contribution in [-0.2, 0) is 0 Å². The lowest BCUT2D eigenvalue weighted by Crippen LogP contribution is -2.03. The average molecular weight is 212 g/mol. The molecule has 1 aromatic heterocycles. The number of carbonyl (C=O) groups is 1. The molecule has 0 amide bonds. The summed E-state index contributed by atoms with van der Waals surface area (Å²) in [4.78, 5) is 14.0. The van der Waals surface area contributed by atoms with Crippen LogP contribution in [0.2, 0.25) is 0 Å². The van der Waals surface area contributed by atoms with Gasteiger partial charge in [-0.15, -0.1) is 0 Å². The Labute approximate surface area is 84.1 Å². The van der Waals surface area contributed by atoms with E-state index in [9.17, 15) is 13.6 Å². The van der Waals surface area contributed by atoms with Crippen LogP contribution in [0.15, 0.2) is 6.20 Å². The van der Waals surface area contributed by atoms with Gasteiger partial charge in [0.1, 0.15) is 17.3 Å². The number of rotatable bonds is 3. The van der Waals surface area contributed by atoms with E-state index in [1.165, 1.54) is 7.11 Å². The largest absolute Gasteiger partial charge is 0.494 e. The van der Waals surface area contributed by atoms with Gasteiger partial charge in [0.25, 0.3) is 6.43 Å². The Kier molecular flexibility index (Phi) is 3.29. The minimum atomic E-state index is -2.90. The van der Waals surface area contributed by atoms with E-state index in [0.29, 0.717) is 0 Å². The predicted molar refractivity (Wildman–Crippen MR) is 45.8 cm³/mol. The first kappa shape index (κ1) is 11.0. The molecule has 0 saturated carbocycles. The molecule has 0 spiro atoms. The second-order valence-electron chi connectivity index (χ2n) is 2.53. The van der Waals surface area contributed by atoms with Crippen molar-refractivity contribution in [1.29, 1.82) is 5.26 Å². The van der Waals surface area contributed by atoms with E-state index in [1.54, 1.807) is 6.07 Å². The van der Waals surface area contributed by atoms with Crippen LogP contribution in [0.4, 0.5) is 8.78 Å². The molecular weight excluding hydrogens is 206 g/mol. The van der Waals surface area contributed by atoms with Crippen LogP contribution in [0.5, 0.6) is 5.75 Å². The van der Waals surface area contributed by atoms with E-state index >= 15 is 0 Å². The molecule has 15 heavy (non-hydrogen) atoms. The van der Waals surface area contributed by atoms with E-state index in [0.717, 1.165) is 6.20 Å². The van der Waals surface area contributed by atoms with Crippen LogP contribution in [0, 0.1) is 11.3 Å². The number of hydrogen-bond acceptors (Lipinski definition) is 4. The van der Waals surface area contributed by atoms with Crippen LogP contribution in [0.1, 0.15) is 28.0 Å². The second kappa shape index (κ2) is 4.46. The van der Waals surface area contributed by atoms with E-state index in [2.05, 4.69) is 4.98 Å². The molecule has 0 N–H and O–H groups in total. The third-order valence-corrected chi connectivity index (χ3v) is 1.77. The fourth-order valence-corrected chi connectivity index (χ4v) is 1.09. The highest BCUT2D eigenvalue weighted by Gasteiger charge is 2.20. The molecule has 1 aromatic rings. The van der Waals surface area contributed by atoms with Gasteiger partial charge in [0.2, 0.25) is 0 Å².